The van der Waals surface area contributed by atoms with Crippen molar-refractivity contribution in [3.05, 3.63) is 58.1 Å². The van der Waals surface area contributed by atoms with Crippen molar-refractivity contribution in [3.8, 4) is 11.5 Å². The Morgan fingerprint density at radius 2 is 1.86 bits per heavy atom. The highest BCUT2D eigenvalue weighted by Crippen LogP contribution is 2.25. The number of hydrogen-bond donors (Lipinski definition) is 1. The standard InChI is InChI=1S/C16H15BrN2O3/c1-21-14-6-4-3-5-12(14)10-18-19-16(20)11-7-8-15(22-2)13(17)9-11/h3-10H,1-2H3,(H,19,20). The fraction of sp³-hybridized carbons (Fsp3) is 0.125. The molecule has 2 aromatic carbocycles. The number of carbonyl (C=O) groups is 1. The van der Waals surface area contributed by atoms with Crippen LogP contribution in [0.5, 0.6) is 11.5 Å². The number of hydrogen-bond acceptors (Lipinski definition) is 4. The van der Waals surface area contributed by atoms with E-state index in [0.717, 1.165) is 5.56 Å². The average Bonchev–Trinajstić information content (AvgIpc) is 2.55. The topological polar surface area (TPSA) is 59.9 Å². The predicted molar refractivity (Wildman–Crippen MR) is 88.7 cm³/mol. The molecule has 0 unspecified atom stereocenters. The molecule has 2 rings (SSSR count). The Bertz CT molecular complexity index is 702. The van der Waals surface area contributed by atoms with Crippen molar-refractivity contribution in [2.45, 2.75) is 0 Å². The van der Waals surface area contributed by atoms with Crippen LogP contribution in [-0.2, 0) is 0 Å². The van der Waals surface area contributed by atoms with E-state index in [4.69, 9.17) is 9.47 Å². The summed E-state index contributed by atoms with van der Waals surface area (Å²) in [5.41, 5.74) is 3.73. The van der Waals surface area contributed by atoms with Crippen molar-refractivity contribution in [1.82, 2.24) is 5.43 Å². The SMILES string of the molecule is COc1ccc(C(=O)NN=Cc2ccccc2OC)cc1Br. The average molecular weight is 363 g/mol. The van der Waals surface area contributed by atoms with Gasteiger partial charge in [0.05, 0.1) is 24.9 Å². The van der Waals surface area contributed by atoms with Crippen molar-refractivity contribution in [2.75, 3.05) is 14.2 Å². The third-order valence-electron chi connectivity index (χ3n) is 2.92. The second-order valence-corrected chi connectivity index (χ2v) is 5.14. The first kappa shape index (κ1) is 16.0. The number of halogens is 1. The third kappa shape index (κ3) is 3.85. The molecule has 1 amide bonds. The lowest BCUT2D eigenvalue weighted by atomic mass is 10.2. The molecule has 0 radical (unpaired) electrons. The van der Waals surface area contributed by atoms with E-state index in [2.05, 4.69) is 26.5 Å². The van der Waals surface area contributed by atoms with E-state index in [1.807, 2.05) is 24.3 Å². The second kappa shape index (κ2) is 7.61. The molecule has 0 bridgehead atoms. The summed E-state index contributed by atoms with van der Waals surface area (Å²) >= 11 is 3.34. The Labute approximate surface area is 137 Å². The minimum absolute atomic E-state index is 0.311. The van der Waals surface area contributed by atoms with Gasteiger partial charge in [-0.2, -0.15) is 5.10 Å². The molecule has 5 nitrogen and oxygen atoms in total. The van der Waals surface area contributed by atoms with Gasteiger partial charge in [-0.25, -0.2) is 5.43 Å². The molecular formula is C16H15BrN2O3. The van der Waals surface area contributed by atoms with Gasteiger partial charge in [-0.15, -0.1) is 0 Å². The molecule has 0 aliphatic heterocycles. The minimum Gasteiger partial charge on any atom is -0.496 e. The Morgan fingerprint density at radius 1 is 1.14 bits per heavy atom. The van der Waals surface area contributed by atoms with Crippen molar-refractivity contribution >= 4 is 28.1 Å². The number of hydrazone groups is 1. The highest BCUT2D eigenvalue weighted by Gasteiger charge is 2.08. The van der Waals surface area contributed by atoms with Gasteiger partial charge < -0.3 is 9.47 Å². The Kier molecular flexibility index (Phi) is 5.55. The first-order valence-electron chi connectivity index (χ1n) is 6.45. The van der Waals surface area contributed by atoms with Gasteiger partial charge in [-0.3, -0.25) is 4.79 Å². The number of nitrogens with one attached hydrogen (secondary N) is 1. The molecule has 0 aromatic heterocycles. The van der Waals surface area contributed by atoms with Crippen LogP contribution in [0.25, 0.3) is 0 Å². The molecule has 0 spiro atoms. The summed E-state index contributed by atoms with van der Waals surface area (Å²) in [4.78, 5) is 12.0. The highest BCUT2D eigenvalue weighted by atomic mass is 79.9. The summed E-state index contributed by atoms with van der Waals surface area (Å²) in [5, 5.41) is 3.95. The zero-order chi connectivity index (χ0) is 15.9. The van der Waals surface area contributed by atoms with Gasteiger partial charge in [-0.1, -0.05) is 12.1 Å². The number of amides is 1. The zero-order valence-corrected chi connectivity index (χ0v) is 13.8. The van der Waals surface area contributed by atoms with Crippen LogP contribution in [0.1, 0.15) is 15.9 Å². The van der Waals surface area contributed by atoms with Crippen LogP contribution >= 0.6 is 15.9 Å². The molecule has 0 aliphatic rings. The Morgan fingerprint density at radius 3 is 2.55 bits per heavy atom. The van der Waals surface area contributed by atoms with E-state index in [1.54, 1.807) is 32.4 Å². The molecule has 0 heterocycles. The number of benzene rings is 2. The number of para-hydroxylation sites is 1. The molecule has 6 heteroatoms. The third-order valence-corrected chi connectivity index (χ3v) is 3.54. The Balaban J connectivity index is 2.06. The first-order chi connectivity index (χ1) is 10.7. The van der Waals surface area contributed by atoms with Crippen molar-refractivity contribution in [3.63, 3.8) is 0 Å². The van der Waals surface area contributed by atoms with E-state index < -0.39 is 0 Å². The normalized spacial score (nSPS) is 10.5. The molecule has 0 fully saturated rings. The molecule has 0 atom stereocenters. The number of carbonyl (C=O) groups excluding carboxylic acids is 1. The lowest BCUT2D eigenvalue weighted by molar-refractivity contribution is 0.0955. The maximum atomic E-state index is 12.0. The lowest BCUT2D eigenvalue weighted by Gasteiger charge is -2.05. The summed E-state index contributed by atoms with van der Waals surface area (Å²) in [5.74, 6) is 1.04. The van der Waals surface area contributed by atoms with Crippen LogP contribution in [-0.4, -0.2) is 26.3 Å². The van der Waals surface area contributed by atoms with E-state index in [9.17, 15) is 4.79 Å². The van der Waals surface area contributed by atoms with Gasteiger partial charge in [0, 0.05) is 11.1 Å². The van der Waals surface area contributed by atoms with Gasteiger partial charge in [0.2, 0.25) is 0 Å². The lowest BCUT2D eigenvalue weighted by Crippen LogP contribution is -2.17. The van der Waals surface area contributed by atoms with Gasteiger partial charge >= 0.3 is 0 Å². The minimum atomic E-state index is -0.311. The van der Waals surface area contributed by atoms with Crippen LogP contribution in [0.15, 0.2) is 52.0 Å². The molecule has 1 N–H and O–H groups in total. The van der Waals surface area contributed by atoms with E-state index in [1.165, 1.54) is 6.21 Å². The maximum Gasteiger partial charge on any atom is 0.271 e. The summed E-state index contributed by atoms with van der Waals surface area (Å²) in [7, 11) is 3.15. The van der Waals surface area contributed by atoms with Crippen molar-refractivity contribution < 1.29 is 14.3 Å². The second-order valence-electron chi connectivity index (χ2n) is 4.29. The van der Waals surface area contributed by atoms with Gasteiger partial charge in [0.25, 0.3) is 5.91 Å². The summed E-state index contributed by atoms with van der Waals surface area (Å²) < 4.78 is 11.0. The molecule has 0 saturated heterocycles. The molecule has 0 aliphatic carbocycles. The van der Waals surface area contributed by atoms with Crippen molar-refractivity contribution in [2.24, 2.45) is 5.10 Å². The molecule has 22 heavy (non-hydrogen) atoms. The zero-order valence-electron chi connectivity index (χ0n) is 12.2. The quantitative estimate of drug-likeness (QED) is 0.656. The summed E-state index contributed by atoms with van der Waals surface area (Å²) in [6.45, 7) is 0. The molecule has 2 aromatic rings. The van der Waals surface area contributed by atoms with E-state index in [0.29, 0.717) is 21.5 Å². The molecule has 0 saturated carbocycles. The largest absolute Gasteiger partial charge is 0.496 e. The van der Waals surface area contributed by atoms with Crippen LogP contribution in [0.3, 0.4) is 0 Å². The number of rotatable bonds is 5. The van der Waals surface area contributed by atoms with Crippen LogP contribution in [0.4, 0.5) is 0 Å². The van der Waals surface area contributed by atoms with Crippen LogP contribution in [0, 0.1) is 0 Å². The van der Waals surface area contributed by atoms with Crippen molar-refractivity contribution in [1.29, 1.82) is 0 Å². The molecule has 114 valence electrons. The van der Waals surface area contributed by atoms with E-state index >= 15 is 0 Å². The monoisotopic (exact) mass is 362 g/mol. The predicted octanol–water partition coefficient (Wildman–Crippen LogP) is 3.23. The smallest absolute Gasteiger partial charge is 0.271 e. The van der Waals surface area contributed by atoms with E-state index in [-0.39, 0.29) is 5.91 Å². The van der Waals surface area contributed by atoms with Crippen LogP contribution in [0.2, 0.25) is 0 Å². The maximum absolute atomic E-state index is 12.0. The summed E-state index contributed by atoms with van der Waals surface area (Å²) in [6, 6.07) is 12.4. The van der Waals surface area contributed by atoms with Gasteiger partial charge in [0.15, 0.2) is 0 Å². The first-order valence-corrected chi connectivity index (χ1v) is 7.25. The van der Waals surface area contributed by atoms with Crippen LogP contribution < -0.4 is 14.9 Å². The Hall–Kier alpha value is -2.34. The number of methoxy groups -OCH3 is 2. The summed E-state index contributed by atoms with van der Waals surface area (Å²) in [6.07, 6.45) is 1.54. The highest BCUT2D eigenvalue weighted by molar-refractivity contribution is 9.10. The van der Waals surface area contributed by atoms with Gasteiger partial charge in [-0.05, 0) is 46.3 Å². The fourth-order valence-electron chi connectivity index (χ4n) is 1.81. The number of nitrogens with zero attached hydrogens (tertiary/aromatic N) is 1. The fourth-order valence-corrected chi connectivity index (χ4v) is 2.35. The van der Waals surface area contributed by atoms with Gasteiger partial charge in [0.1, 0.15) is 11.5 Å². The number of ether oxygens (including phenoxy) is 2. The molecular weight excluding hydrogens is 348 g/mol.